The topological polar surface area (TPSA) is 69.7 Å². The molecule has 0 heterocycles. The molecule has 0 aromatic heterocycles. The van der Waals surface area contributed by atoms with Crippen molar-refractivity contribution < 1.29 is 23.9 Å². The van der Waals surface area contributed by atoms with Crippen LogP contribution in [0, 0.1) is 0 Å². The van der Waals surface area contributed by atoms with Gasteiger partial charge in [0.1, 0.15) is 0 Å². The molecule has 1 rings (SSSR count). The van der Waals surface area contributed by atoms with Crippen molar-refractivity contribution in [1.82, 2.24) is 0 Å². The molecule has 0 bridgehead atoms. The highest BCUT2D eigenvalue weighted by Crippen LogP contribution is 2.10. The van der Waals surface area contributed by atoms with Gasteiger partial charge in [-0.3, -0.25) is 9.59 Å². The summed E-state index contributed by atoms with van der Waals surface area (Å²) in [4.78, 5) is 34.3. The fraction of sp³-hybridized carbons (Fsp3) is 0.353. The monoisotopic (exact) mass is 304 g/mol. The normalized spacial score (nSPS) is 10.5. The Morgan fingerprint density at radius 2 is 1.59 bits per heavy atom. The van der Waals surface area contributed by atoms with Gasteiger partial charge < -0.3 is 9.47 Å². The first kappa shape index (κ1) is 17.6. The fourth-order valence-corrected chi connectivity index (χ4v) is 1.73. The van der Waals surface area contributed by atoms with Crippen LogP contribution in [-0.4, -0.2) is 30.9 Å². The highest BCUT2D eigenvalue weighted by Gasteiger charge is 2.09. The molecule has 0 saturated heterocycles. The molecule has 22 heavy (non-hydrogen) atoms. The van der Waals surface area contributed by atoms with Crippen molar-refractivity contribution in [2.75, 3.05) is 13.2 Å². The van der Waals surface area contributed by atoms with Crippen LogP contribution >= 0.6 is 0 Å². The van der Waals surface area contributed by atoms with Gasteiger partial charge in [0, 0.05) is 18.1 Å². The summed E-state index contributed by atoms with van der Waals surface area (Å²) in [5.74, 6) is -0.893. The number of esters is 2. The van der Waals surface area contributed by atoms with Crippen LogP contribution in [0.25, 0.3) is 6.08 Å². The largest absolute Gasteiger partial charge is 0.466 e. The number of rotatable bonds is 8. The van der Waals surface area contributed by atoms with Crippen LogP contribution in [0.15, 0.2) is 30.3 Å². The maximum absolute atomic E-state index is 11.9. The van der Waals surface area contributed by atoms with Crippen LogP contribution in [0.5, 0.6) is 0 Å². The number of Topliss-reactive ketones (excluding diaryl/α,β-unsaturated/α-hetero) is 1. The summed E-state index contributed by atoms with van der Waals surface area (Å²) in [6.45, 7) is 4.11. The first-order valence-corrected chi connectivity index (χ1v) is 7.20. The standard InChI is InChI=1S/C17H20O5/c1-3-21-16(19)11-7-13-5-8-14(9-6-13)15(18)10-12-17(20)22-4-2/h5-9,11H,3-4,10,12H2,1-2H3. The molecular weight excluding hydrogens is 284 g/mol. The third-order valence-electron chi connectivity index (χ3n) is 2.79. The molecular formula is C17H20O5. The Labute approximate surface area is 129 Å². The van der Waals surface area contributed by atoms with E-state index in [-0.39, 0.29) is 24.6 Å². The molecule has 0 spiro atoms. The molecule has 0 saturated carbocycles. The number of benzene rings is 1. The van der Waals surface area contributed by atoms with Gasteiger partial charge in [0.2, 0.25) is 0 Å². The number of carbonyl (C=O) groups excluding carboxylic acids is 3. The molecule has 118 valence electrons. The Kier molecular flexibility index (Phi) is 7.61. The Bertz CT molecular complexity index is 543. The van der Waals surface area contributed by atoms with Crippen LogP contribution in [0.1, 0.15) is 42.6 Å². The van der Waals surface area contributed by atoms with Crippen molar-refractivity contribution in [3.63, 3.8) is 0 Å². The summed E-state index contributed by atoms with van der Waals surface area (Å²) < 4.78 is 9.55. The van der Waals surface area contributed by atoms with E-state index in [4.69, 9.17) is 9.47 Å². The zero-order valence-corrected chi connectivity index (χ0v) is 12.8. The molecule has 0 atom stereocenters. The Morgan fingerprint density at radius 1 is 0.955 bits per heavy atom. The molecule has 0 aliphatic carbocycles. The van der Waals surface area contributed by atoms with E-state index in [1.807, 2.05) is 0 Å². The van der Waals surface area contributed by atoms with E-state index in [2.05, 4.69) is 0 Å². The molecule has 0 N–H and O–H groups in total. The summed E-state index contributed by atoms with van der Waals surface area (Å²) in [7, 11) is 0. The SMILES string of the molecule is CCOC(=O)C=Cc1ccc(C(=O)CCC(=O)OCC)cc1. The molecule has 0 aliphatic heterocycles. The van der Waals surface area contributed by atoms with E-state index in [1.54, 1.807) is 44.2 Å². The first-order chi connectivity index (χ1) is 10.6. The lowest BCUT2D eigenvalue weighted by Gasteiger charge is -2.02. The number of hydrogen-bond acceptors (Lipinski definition) is 5. The molecule has 5 nitrogen and oxygen atoms in total. The van der Waals surface area contributed by atoms with Gasteiger partial charge in [0.05, 0.1) is 19.6 Å². The Balaban J connectivity index is 2.55. The van der Waals surface area contributed by atoms with Gasteiger partial charge in [0.15, 0.2) is 5.78 Å². The van der Waals surface area contributed by atoms with E-state index >= 15 is 0 Å². The van der Waals surface area contributed by atoms with Gasteiger partial charge in [0.25, 0.3) is 0 Å². The predicted molar refractivity (Wildman–Crippen MR) is 82.3 cm³/mol. The Morgan fingerprint density at radius 3 is 2.18 bits per heavy atom. The molecule has 0 radical (unpaired) electrons. The quantitative estimate of drug-likeness (QED) is 0.419. The van der Waals surface area contributed by atoms with E-state index in [0.29, 0.717) is 18.8 Å². The van der Waals surface area contributed by atoms with E-state index in [0.717, 1.165) is 5.56 Å². The molecule has 5 heteroatoms. The summed E-state index contributed by atoms with van der Waals surface area (Å²) in [6.07, 6.45) is 3.15. The number of ketones is 1. The average molecular weight is 304 g/mol. The van der Waals surface area contributed by atoms with Gasteiger partial charge in [-0.05, 0) is 25.5 Å². The minimum atomic E-state index is -0.405. The van der Waals surface area contributed by atoms with Crippen molar-refractivity contribution in [3.8, 4) is 0 Å². The third kappa shape index (κ3) is 6.35. The third-order valence-corrected chi connectivity index (χ3v) is 2.79. The van der Waals surface area contributed by atoms with Gasteiger partial charge >= 0.3 is 11.9 Å². The summed E-state index contributed by atoms with van der Waals surface area (Å²) in [5, 5.41) is 0. The van der Waals surface area contributed by atoms with Crippen molar-refractivity contribution in [2.24, 2.45) is 0 Å². The van der Waals surface area contributed by atoms with Crippen molar-refractivity contribution >= 4 is 23.8 Å². The number of hydrogen-bond donors (Lipinski definition) is 0. The lowest BCUT2D eigenvalue weighted by atomic mass is 10.0. The second-order valence-electron chi connectivity index (χ2n) is 4.44. The maximum atomic E-state index is 11.9. The van der Waals surface area contributed by atoms with E-state index in [9.17, 15) is 14.4 Å². The summed E-state index contributed by atoms with van der Waals surface area (Å²) in [6, 6.07) is 6.79. The smallest absolute Gasteiger partial charge is 0.330 e. The van der Waals surface area contributed by atoms with Crippen molar-refractivity contribution in [2.45, 2.75) is 26.7 Å². The van der Waals surface area contributed by atoms with Gasteiger partial charge in [-0.25, -0.2) is 4.79 Å². The minimum absolute atomic E-state index is 0.0805. The lowest BCUT2D eigenvalue weighted by molar-refractivity contribution is -0.143. The Hall–Kier alpha value is -2.43. The molecule has 0 amide bonds. The van der Waals surface area contributed by atoms with Gasteiger partial charge in [-0.15, -0.1) is 0 Å². The van der Waals surface area contributed by atoms with E-state index in [1.165, 1.54) is 6.08 Å². The molecule has 1 aromatic carbocycles. The molecule has 0 unspecified atom stereocenters. The second kappa shape index (κ2) is 9.50. The minimum Gasteiger partial charge on any atom is -0.466 e. The average Bonchev–Trinajstić information content (AvgIpc) is 2.52. The highest BCUT2D eigenvalue weighted by atomic mass is 16.5. The van der Waals surface area contributed by atoms with Gasteiger partial charge in [-0.2, -0.15) is 0 Å². The zero-order chi connectivity index (χ0) is 16.4. The number of ether oxygens (including phenoxy) is 2. The van der Waals surface area contributed by atoms with Crippen molar-refractivity contribution in [3.05, 3.63) is 41.5 Å². The van der Waals surface area contributed by atoms with Crippen LogP contribution in [-0.2, 0) is 19.1 Å². The summed E-state index contributed by atoms with van der Waals surface area (Å²) in [5.41, 5.74) is 1.31. The van der Waals surface area contributed by atoms with Gasteiger partial charge in [-0.1, -0.05) is 24.3 Å². The molecule has 1 aromatic rings. The maximum Gasteiger partial charge on any atom is 0.330 e. The lowest BCUT2D eigenvalue weighted by Crippen LogP contribution is -2.07. The van der Waals surface area contributed by atoms with Crippen LogP contribution in [0.3, 0.4) is 0 Å². The van der Waals surface area contributed by atoms with Crippen LogP contribution < -0.4 is 0 Å². The van der Waals surface area contributed by atoms with E-state index < -0.39 is 5.97 Å². The molecule has 0 aliphatic rings. The fourth-order valence-electron chi connectivity index (χ4n) is 1.73. The second-order valence-corrected chi connectivity index (χ2v) is 4.44. The van der Waals surface area contributed by atoms with Crippen molar-refractivity contribution in [1.29, 1.82) is 0 Å². The number of carbonyl (C=O) groups is 3. The van der Waals surface area contributed by atoms with Crippen LogP contribution in [0.4, 0.5) is 0 Å². The zero-order valence-electron chi connectivity index (χ0n) is 12.8. The first-order valence-electron chi connectivity index (χ1n) is 7.20. The molecule has 0 fully saturated rings. The summed E-state index contributed by atoms with van der Waals surface area (Å²) >= 11 is 0. The predicted octanol–water partition coefficient (Wildman–Crippen LogP) is 2.79. The van der Waals surface area contributed by atoms with Crippen LogP contribution in [0.2, 0.25) is 0 Å². The highest BCUT2D eigenvalue weighted by molar-refractivity contribution is 5.97.